The van der Waals surface area contributed by atoms with Crippen molar-refractivity contribution < 1.29 is 20.1 Å². The third-order valence-electron chi connectivity index (χ3n) is 18.0. The maximum Gasteiger partial charge on any atom is 0.164 e. The fourth-order valence-electron chi connectivity index (χ4n) is 14.0. The van der Waals surface area contributed by atoms with E-state index in [9.17, 15) is 0 Å². The fraction of sp³-hybridized carbons (Fsp3) is 0.289. The monoisotopic (exact) mass is 1230 g/mol. The zero-order valence-corrected chi connectivity index (χ0v) is 50.3. The molecule has 81 heavy (non-hydrogen) atoms. The largest absolute Gasteiger partial charge is 0.296 e. The van der Waals surface area contributed by atoms with E-state index in [2.05, 4.69) is 211 Å². The average molecular weight is 1230 g/mol. The normalized spacial score (nSPS) is 13.6. The van der Waals surface area contributed by atoms with Crippen molar-refractivity contribution in [1.29, 1.82) is 0 Å². The second-order valence-electron chi connectivity index (χ2n) is 23.6. The Hall–Kier alpha value is -7.17. The summed E-state index contributed by atoms with van der Waals surface area (Å²) in [6.07, 6.45) is 18.0. The Morgan fingerprint density at radius 1 is 0.395 bits per heavy atom. The van der Waals surface area contributed by atoms with Crippen molar-refractivity contribution in [3.05, 3.63) is 226 Å². The number of nitrogens with zero attached hydrogens (tertiary/aromatic N) is 4. The summed E-state index contributed by atoms with van der Waals surface area (Å²) in [5.41, 5.74) is 24.8. The van der Waals surface area contributed by atoms with Crippen LogP contribution in [0.25, 0.3) is 89.7 Å². The number of aryl methyl sites for hydroxylation is 3. The molecule has 10 aromatic rings. The Morgan fingerprint density at radius 3 is 1.46 bits per heavy atom. The zero-order chi connectivity index (χ0) is 54.4. The van der Waals surface area contributed by atoms with E-state index < -0.39 is 5.41 Å². The number of hydrogen-bond donors (Lipinski definition) is 0. The van der Waals surface area contributed by atoms with E-state index in [4.69, 9.17) is 19.9 Å². The Labute approximate surface area is 494 Å². The molecule has 8 aromatic carbocycles. The van der Waals surface area contributed by atoms with Crippen LogP contribution in [0.15, 0.2) is 170 Å². The van der Waals surface area contributed by atoms with Crippen molar-refractivity contribution >= 4 is 10.9 Å². The molecule has 13 rings (SSSR count). The van der Waals surface area contributed by atoms with Crippen LogP contribution in [0.4, 0.5) is 0 Å². The van der Waals surface area contributed by atoms with Gasteiger partial charge in [0.15, 0.2) is 17.5 Å². The number of fused-ring (bicyclic) bond motifs is 15. The second kappa shape index (κ2) is 23.0. The van der Waals surface area contributed by atoms with Gasteiger partial charge in [-0.3, -0.25) is 4.98 Å². The van der Waals surface area contributed by atoms with Gasteiger partial charge in [-0.15, -0.1) is 29.3 Å². The van der Waals surface area contributed by atoms with Gasteiger partial charge in [0.05, 0.1) is 10.9 Å². The van der Waals surface area contributed by atoms with Gasteiger partial charge in [0, 0.05) is 47.6 Å². The van der Waals surface area contributed by atoms with E-state index in [1.165, 1.54) is 161 Å². The molecule has 0 unspecified atom stereocenters. The number of hydrogen-bond acceptors (Lipinski definition) is 4. The van der Waals surface area contributed by atoms with Crippen LogP contribution in [-0.2, 0) is 50.2 Å². The maximum atomic E-state index is 5.81. The van der Waals surface area contributed by atoms with Crippen LogP contribution in [0.2, 0.25) is 0 Å². The van der Waals surface area contributed by atoms with Crippen molar-refractivity contribution in [2.24, 2.45) is 0 Å². The molecule has 0 N–H and O–H groups in total. The summed E-state index contributed by atoms with van der Waals surface area (Å²) in [7, 11) is 0. The molecule has 3 aliphatic rings. The summed E-state index contributed by atoms with van der Waals surface area (Å²) in [5.74, 6) is 2.05. The van der Waals surface area contributed by atoms with E-state index in [1.807, 2.05) is 0 Å². The number of pyridine rings is 1. The van der Waals surface area contributed by atoms with Gasteiger partial charge in [-0.2, -0.15) is 0 Å². The molecule has 5 heteroatoms. The Bertz CT molecular complexity index is 3860. The molecule has 1 radical (unpaired) electrons. The quantitative estimate of drug-likeness (QED) is 0.0598. The van der Waals surface area contributed by atoms with E-state index in [0.717, 1.165) is 58.1 Å². The van der Waals surface area contributed by atoms with Gasteiger partial charge in [-0.25, -0.2) is 15.0 Å². The summed E-state index contributed by atoms with van der Waals surface area (Å²) in [6, 6.07) is 67.8. The number of unbranched alkanes of at least 4 members (excludes halogenated alkanes) is 9. The standard InChI is InChI=1S/C76H73N4.Ir/c1-6-9-12-15-26-50-29-24-31-54(45-50)72-78-73(55-32-25-30-51(46-55)27-16-13-10-7-2)80-74(79-72)56-41-44-68-62(48-56)69-61-35-20-21-36-63(61)75(4,5)70(69)71(77-68)53-40-43-60-59-42-39-52(28-17-14-11-8-3)47-66(59)76(67(60)49-53)64-37-22-18-33-57(64)58-34-19-23-38-65(58)76;/h18-25,29-39,41-49H,6-17,26-28H2,1-5H3;/q-1;. The van der Waals surface area contributed by atoms with E-state index in [0.29, 0.717) is 17.5 Å². The molecule has 2 heterocycles. The molecule has 0 fully saturated rings. The van der Waals surface area contributed by atoms with Crippen LogP contribution in [0.3, 0.4) is 0 Å². The van der Waals surface area contributed by atoms with Crippen LogP contribution in [0, 0.1) is 6.07 Å². The fourth-order valence-corrected chi connectivity index (χ4v) is 14.0. The van der Waals surface area contributed by atoms with Gasteiger partial charge in [-0.1, -0.05) is 231 Å². The van der Waals surface area contributed by atoms with Gasteiger partial charge in [0.1, 0.15) is 0 Å². The van der Waals surface area contributed by atoms with Gasteiger partial charge in [0.2, 0.25) is 0 Å². The predicted molar refractivity (Wildman–Crippen MR) is 333 cm³/mol. The molecule has 0 amide bonds. The summed E-state index contributed by atoms with van der Waals surface area (Å²) < 4.78 is 0. The van der Waals surface area contributed by atoms with Crippen molar-refractivity contribution in [1.82, 2.24) is 19.9 Å². The van der Waals surface area contributed by atoms with Gasteiger partial charge in [-0.05, 0) is 141 Å². The molecule has 0 saturated carbocycles. The molecule has 0 bridgehead atoms. The minimum Gasteiger partial charge on any atom is -0.296 e. The molecule has 0 saturated heterocycles. The summed E-state index contributed by atoms with van der Waals surface area (Å²) in [5, 5.41) is 1.10. The molecule has 0 atom stereocenters. The van der Waals surface area contributed by atoms with Gasteiger partial charge < -0.3 is 0 Å². The first-order chi connectivity index (χ1) is 39.3. The van der Waals surface area contributed by atoms with Crippen LogP contribution in [0.1, 0.15) is 162 Å². The maximum absolute atomic E-state index is 5.81. The van der Waals surface area contributed by atoms with Crippen molar-refractivity contribution in [3.8, 4) is 78.8 Å². The van der Waals surface area contributed by atoms with E-state index in [1.54, 1.807) is 0 Å². The number of rotatable bonds is 19. The zero-order valence-electron chi connectivity index (χ0n) is 47.9. The predicted octanol–water partition coefficient (Wildman–Crippen LogP) is 19.9. The third-order valence-corrected chi connectivity index (χ3v) is 18.0. The van der Waals surface area contributed by atoms with Crippen molar-refractivity contribution in [2.45, 2.75) is 142 Å². The smallest absolute Gasteiger partial charge is 0.164 e. The van der Waals surface area contributed by atoms with Gasteiger partial charge in [0.25, 0.3) is 0 Å². The van der Waals surface area contributed by atoms with Crippen molar-refractivity contribution in [2.75, 3.05) is 0 Å². The van der Waals surface area contributed by atoms with Crippen LogP contribution in [-0.4, -0.2) is 19.9 Å². The summed E-state index contributed by atoms with van der Waals surface area (Å²) >= 11 is 0. The van der Waals surface area contributed by atoms with E-state index >= 15 is 0 Å². The minimum atomic E-state index is -0.483. The van der Waals surface area contributed by atoms with E-state index in [-0.39, 0.29) is 25.5 Å². The first-order valence-corrected chi connectivity index (χ1v) is 30.2. The molecule has 4 nitrogen and oxygen atoms in total. The Kier molecular flexibility index (Phi) is 15.4. The second-order valence-corrected chi connectivity index (χ2v) is 23.6. The topological polar surface area (TPSA) is 51.6 Å². The Morgan fingerprint density at radius 2 is 0.889 bits per heavy atom. The molecule has 1 spiro atoms. The molecule has 407 valence electrons. The van der Waals surface area contributed by atoms with Crippen LogP contribution >= 0.6 is 0 Å². The summed E-state index contributed by atoms with van der Waals surface area (Å²) in [6.45, 7) is 11.6. The van der Waals surface area contributed by atoms with Crippen LogP contribution in [0.5, 0.6) is 0 Å². The Balaban J connectivity index is 0.00000651. The SMILES string of the molecule is CCCCCCc1cccc(-c2nc(-c3cccc(CCCCCC)c3)nc(-c3ccc4nc(-c5[c-]cc6c(c5)C5(c7ccccc7-c7ccccc75)c5cc(CCCCCC)ccc5-6)c5c(c4c3)-c3ccccc3C5(C)C)n2)c1.[Ir]. The minimum absolute atomic E-state index is 0. The molecule has 2 aromatic heterocycles. The molecule has 3 aliphatic carbocycles. The average Bonchev–Trinajstić information content (AvgIpc) is 4.26. The molecular weight excluding hydrogens is 1160 g/mol. The number of benzene rings is 8. The third kappa shape index (κ3) is 9.63. The molecular formula is C76H73IrN4-. The van der Waals surface area contributed by atoms with Crippen molar-refractivity contribution in [3.63, 3.8) is 0 Å². The van der Waals surface area contributed by atoms with Gasteiger partial charge >= 0.3 is 0 Å². The first kappa shape index (κ1) is 54.4. The molecule has 0 aliphatic heterocycles. The summed E-state index contributed by atoms with van der Waals surface area (Å²) in [4.78, 5) is 21.9. The number of aromatic nitrogens is 4. The van der Waals surface area contributed by atoms with Crippen LogP contribution < -0.4 is 0 Å². The first-order valence-electron chi connectivity index (χ1n) is 30.2.